The molecule has 0 aliphatic heterocycles. The van der Waals surface area contributed by atoms with Gasteiger partial charge in [-0.15, -0.1) is 0 Å². The molecule has 1 rings (SSSR count). The van der Waals surface area contributed by atoms with E-state index < -0.39 is 0 Å². The highest BCUT2D eigenvalue weighted by Gasteiger charge is 2.20. The van der Waals surface area contributed by atoms with Gasteiger partial charge in [-0.25, -0.2) is 0 Å². The maximum Gasteiger partial charge on any atom is 0.0216 e. The molecule has 0 aromatic carbocycles. The molecule has 0 atom stereocenters. The van der Waals surface area contributed by atoms with Crippen LogP contribution in [0.25, 0.3) is 0 Å². The van der Waals surface area contributed by atoms with E-state index >= 15 is 0 Å². The second kappa shape index (κ2) is 1.80. The summed E-state index contributed by atoms with van der Waals surface area (Å²) >= 11 is 0. The predicted molar refractivity (Wildman–Crippen MR) is 29.8 cm³/mol. The summed E-state index contributed by atoms with van der Waals surface area (Å²) in [5.74, 6) is 0. The smallest absolute Gasteiger partial charge is 0.0216 e. The van der Waals surface area contributed by atoms with Gasteiger partial charge in [0.2, 0.25) is 0 Å². The summed E-state index contributed by atoms with van der Waals surface area (Å²) in [4.78, 5) is 0. The van der Waals surface area contributed by atoms with Gasteiger partial charge < -0.3 is 0 Å². The Labute approximate surface area is 44.5 Å². The molecule has 1 saturated carbocycles. The summed E-state index contributed by atoms with van der Waals surface area (Å²) in [7, 11) is 4.05. The van der Waals surface area contributed by atoms with Crippen molar-refractivity contribution < 1.29 is 0 Å². The van der Waals surface area contributed by atoms with E-state index in [0.29, 0.717) is 0 Å². The molecule has 0 saturated heterocycles. The van der Waals surface area contributed by atoms with E-state index in [1.54, 1.807) is 0 Å². The normalized spacial score (nSPS) is 21.0. The first-order valence-corrected chi connectivity index (χ1v) is 2.72. The Morgan fingerprint density at radius 3 is 2.14 bits per heavy atom. The third-order valence-corrected chi connectivity index (χ3v) is 1.02. The largest absolute Gasteiger partial charge is 0.253 e. The highest BCUT2D eigenvalue weighted by molar-refractivity contribution is 4.78. The van der Waals surface area contributed by atoms with E-state index in [9.17, 15) is 0 Å². The molecule has 0 unspecified atom stereocenters. The molecule has 0 heterocycles. The molecule has 0 bridgehead atoms. The Balaban J connectivity index is 1.97. The molecule has 0 spiro atoms. The third kappa shape index (κ3) is 1.90. The quantitative estimate of drug-likeness (QED) is 0.499. The lowest BCUT2D eigenvalue weighted by molar-refractivity contribution is 0.285. The van der Waals surface area contributed by atoms with Crippen molar-refractivity contribution in [3.63, 3.8) is 0 Å². The average Bonchev–Trinajstić information content (AvgIpc) is 2.17. The Hall–Kier alpha value is -0.0800. The highest BCUT2D eigenvalue weighted by atomic mass is 15.5. The number of hydrazine groups is 1. The molecular formula is C5H12N2. The number of nitrogens with one attached hydrogen (secondary N) is 1. The first kappa shape index (κ1) is 5.06. The number of hydrogen-bond donors (Lipinski definition) is 1. The predicted octanol–water partition coefficient (Wildman–Crippen LogP) is 0.215. The average molecular weight is 100 g/mol. The van der Waals surface area contributed by atoms with Crippen molar-refractivity contribution in [2.75, 3.05) is 14.1 Å². The third-order valence-electron chi connectivity index (χ3n) is 1.02. The molecule has 0 amide bonds. The summed E-state index contributed by atoms with van der Waals surface area (Å²) in [6.07, 6.45) is 2.72. The molecule has 7 heavy (non-hydrogen) atoms. The van der Waals surface area contributed by atoms with Gasteiger partial charge in [-0.05, 0) is 12.8 Å². The van der Waals surface area contributed by atoms with Gasteiger partial charge in [0.25, 0.3) is 0 Å². The minimum atomic E-state index is 0.801. The van der Waals surface area contributed by atoms with Crippen molar-refractivity contribution in [3.05, 3.63) is 0 Å². The van der Waals surface area contributed by atoms with E-state index in [2.05, 4.69) is 5.43 Å². The molecule has 2 nitrogen and oxygen atoms in total. The lowest BCUT2D eigenvalue weighted by Crippen LogP contribution is -2.31. The summed E-state index contributed by atoms with van der Waals surface area (Å²) in [6, 6.07) is 0.801. The summed E-state index contributed by atoms with van der Waals surface area (Å²) in [5, 5.41) is 2.01. The minimum Gasteiger partial charge on any atom is -0.253 e. The zero-order valence-corrected chi connectivity index (χ0v) is 4.94. The molecule has 1 fully saturated rings. The van der Waals surface area contributed by atoms with Gasteiger partial charge in [0.15, 0.2) is 0 Å². The van der Waals surface area contributed by atoms with Crippen LogP contribution in [0.15, 0.2) is 0 Å². The monoisotopic (exact) mass is 100 g/mol. The van der Waals surface area contributed by atoms with Gasteiger partial charge in [0.05, 0.1) is 0 Å². The van der Waals surface area contributed by atoms with Crippen LogP contribution in [-0.4, -0.2) is 25.1 Å². The van der Waals surface area contributed by atoms with Crippen LogP contribution in [0.4, 0.5) is 0 Å². The SMILES string of the molecule is CN(C)NC1CC1. The Morgan fingerprint density at radius 1 is 1.43 bits per heavy atom. The molecule has 0 radical (unpaired) electrons. The Bertz CT molecular complexity index is 57.1. The molecular weight excluding hydrogens is 88.1 g/mol. The molecule has 2 heteroatoms. The molecule has 0 aromatic rings. The van der Waals surface area contributed by atoms with Crippen LogP contribution in [0.1, 0.15) is 12.8 Å². The van der Waals surface area contributed by atoms with Crippen LogP contribution >= 0.6 is 0 Å². The number of nitrogens with zero attached hydrogens (tertiary/aromatic N) is 1. The lowest BCUT2D eigenvalue weighted by atomic mass is 10.8. The van der Waals surface area contributed by atoms with Gasteiger partial charge in [-0.1, -0.05) is 0 Å². The number of rotatable bonds is 2. The molecule has 1 aliphatic carbocycles. The van der Waals surface area contributed by atoms with Crippen molar-refractivity contribution in [1.29, 1.82) is 0 Å². The summed E-state index contributed by atoms with van der Waals surface area (Å²) in [5.41, 5.74) is 3.25. The molecule has 1 N–H and O–H groups in total. The molecule has 1 aliphatic rings. The maximum atomic E-state index is 3.25. The van der Waals surface area contributed by atoms with Crippen molar-refractivity contribution in [3.8, 4) is 0 Å². The standard InChI is InChI=1S/C5H12N2/c1-7(2)6-5-3-4-5/h5-6H,3-4H2,1-2H3. The Kier molecular flexibility index (Phi) is 1.30. The van der Waals surface area contributed by atoms with Gasteiger partial charge in [-0.2, -0.15) is 0 Å². The Morgan fingerprint density at radius 2 is 2.00 bits per heavy atom. The maximum absolute atomic E-state index is 3.25. The van der Waals surface area contributed by atoms with Crippen molar-refractivity contribution in [1.82, 2.24) is 10.4 Å². The fraction of sp³-hybridized carbons (Fsp3) is 1.00. The zero-order valence-electron chi connectivity index (χ0n) is 4.94. The second-order valence-corrected chi connectivity index (χ2v) is 2.30. The van der Waals surface area contributed by atoms with E-state index in [1.165, 1.54) is 12.8 Å². The van der Waals surface area contributed by atoms with Crippen LogP contribution in [0.2, 0.25) is 0 Å². The van der Waals surface area contributed by atoms with Crippen molar-refractivity contribution in [2.45, 2.75) is 18.9 Å². The van der Waals surface area contributed by atoms with Crippen LogP contribution < -0.4 is 5.43 Å². The van der Waals surface area contributed by atoms with Crippen LogP contribution in [0.5, 0.6) is 0 Å². The van der Waals surface area contributed by atoms with Crippen LogP contribution in [-0.2, 0) is 0 Å². The van der Waals surface area contributed by atoms with Gasteiger partial charge in [0.1, 0.15) is 0 Å². The zero-order chi connectivity index (χ0) is 5.28. The fourth-order valence-electron chi connectivity index (χ4n) is 0.578. The van der Waals surface area contributed by atoms with Crippen molar-refractivity contribution >= 4 is 0 Å². The highest BCUT2D eigenvalue weighted by Crippen LogP contribution is 2.18. The van der Waals surface area contributed by atoms with Crippen LogP contribution in [0, 0.1) is 0 Å². The van der Waals surface area contributed by atoms with E-state index in [1.807, 2.05) is 19.1 Å². The second-order valence-electron chi connectivity index (χ2n) is 2.30. The van der Waals surface area contributed by atoms with Gasteiger partial charge >= 0.3 is 0 Å². The van der Waals surface area contributed by atoms with E-state index in [4.69, 9.17) is 0 Å². The van der Waals surface area contributed by atoms with Gasteiger partial charge in [-0.3, -0.25) is 10.4 Å². The number of hydrogen-bond acceptors (Lipinski definition) is 2. The molecule has 0 aromatic heterocycles. The fourth-order valence-corrected chi connectivity index (χ4v) is 0.578. The van der Waals surface area contributed by atoms with E-state index in [0.717, 1.165) is 6.04 Å². The van der Waals surface area contributed by atoms with Crippen molar-refractivity contribution in [2.24, 2.45) is 0 Å². The lowest BCUT2D eigenvalue weighted by Gasteiger charge is -2.08. The minimum absolute atomic E-state index is 0.801. The van der Waals surface area contributed by atoms with Crippen LogP contribution in [0.3, 0.4) is 0 Å². The van der Waals surface area contributed by atoms with E-state index in [-0.39, 0.29) is 0 Å². The summed E-state index contributed by atoms with van der Waals surface area (Å²) < 4.78 is 0. The first-order chi connectivity index (χ1) is 3.29. The van der Waals surface area contributed by atoms with Gasteiger partial charge in [0, 0.05) is 20.1 Å². The topological polar surface area (TPSA) is 15.3 Å². The molecule has 42 valence electrons. The first-order valence-electron chi connectivity index (χ1n) is 2.72. The summed E-state index contributed by atoms with van der Waals surface area (Å²) in [6.45, 7) is 0.